The number of ether oxygens (including phenoxy) is 1. The summed E-state index contributed by atoms with van der Waals surface area (Å²) >= 11 is 0. The monoisotopic (exact) mass is 364 g/mol. The molecule has 1 aliphatic carbocycles. The summed E-state index contributed by atoms with van der Waals surface area (Å²) in [5, 5.41) is 0. The minimum atomic E-state index is -0.304. The van der Waals surface area contributed by atoms with Crippen molar-refractivity contribution >= 4 is 6.09 Å². The molecule has 0 unspecified atom stereocenters. The molecule has 4 heteroatoms. The zero-order valence-electron chi connectivity index (χ0n) is 16.2. The van der Waals surface area contributed by atoms with Gasteiger partial charge in [0.15, 0.2) is 0 Å². The van der Waals surface area contributed by atoms with Crippen molar-refractivity contribution in [3.8, 4) is 5.75 Å². The molecule has 0 N–H and O–H groups in total. The minimum Gasteiger partial charge on any atom is -0.410 e. The number of amides is 1. The van der Waals surface area contributed by atoms with Crippen LogP contribution in [0.3, 0.4) is 0 Å². The summed E-state index contributed by atoms with van der Waals surface area (Å²) in [7, 11) is 3.44. The van der Waals surface area contributed by atoms with Gasteiger partial charge in [-0.3, -0.25) is 4.90 Å². The summed E-state index contributed by atoms with van der Waals surface area (Å²) in [5.74, 6) is 1.30. The lowest BCUT2D eigenvalue weighted by Crippen LogP contribution is -2.36. The maximum atomic E-state index is 12.0. The molecular formula is C23H28N2O2. The SMILES string of the molecule is CN(C)C(=O)Oc1cccc2c1CC[C@@H]1[C@H]2CCN1CCc1ccccc1. The summed E-state index contributed by atoms with van der Waals surface area (Å²) in [6.45, 7) is 2.28. The standard InChI is InChI=1S/C23H28N2O2/c1-24(2)23(26)27-22-10-6-9-18-19-14-16-25(21(19)12-11-20(18)22)15-13-17-7-4-3-5-8-17/h3-10,19,21H,11-16H2,1-2H3/t19-,21+/m0/s1. The van der Waals surface area contributed by atoms with Crippen molar-refractivity contribution in [3.63, 3.8) is 0 Å². The third-order valence-electron chi connectivity index (χ3n) is 6.01. The van der Waals surface area contributed by atoms with Crippen LogP contribution < -0.4 is 4.74 Å². The Hall–Kier alpha value is -2.33. The first-order valence-electron chi connectivity index (χ1n) is 9.92. The second-order valence-corrected chi connectivity index (χ2v) is 7.86. The maximum Gasteiger partial charge on any atom is 0.414 e. The first kappa shape index (κ1) is 18.1. The molecule has 1 fully saturated rings. The predicted octanol–water partition coefficient (Wildman–Crippen LogP) is 4.09. The largest absolute Gasteiger partial charge is 0.414 e. The Kier molecular flexibility index (Phi) is 5.17. The number of carbonyl (C=O) groups is 1. The van der Waals surface area contributed by atoms with Crippen LogP contribution in [0.1, 0.15) is 35.4 Å². The average molecular weight is 364 g/mol. The van der Waals surface area contributed by atoms with E-state index in [2.05, 4.69) is 41.3 Å². The van der Waals surface area contributed by atoms with E-state index in [9.17, 15) is 4.79 Å². The van der Waals surface area contributed by atoms with E-state index in [0.29, 0.717) is 12.0 Å². The number of fused-ring (bicyclic) bond motifs is 3. The van der Waals surface area contributed by atoms with Crippen LogP contribution in [0.5, 0.6) is 5.75 Å². The Labute approximate surface area is 161 Å². The van der Waals surface area contributed by atoms with Crippen LogP contribution >= 0.6 is 0 Å². The molecule has 0 spiro atoms. The highest BCUT2D eigenvalue weighted by atomic mass is 16.6. The zero-order chi connectivity index (χ0) is 18.8. The first-order valence-corrected chi connectivity index (χ1v) is 9.92. The van der Waals surface area contributed by atoms with E-state index in [-0.39, 0.29) is 6.09 Å². The fourth-order valence-electron chi connectivity index (χ4n) is 4.63. The lowest BCUT2D eigenvalue weighted by Gasteiger charge is -2.34. The van der Waals surface area contributed by atoms with Crippen molar-refractivity contribution in [2.45, 2.75) is 37.6 Å². The summed E-state index contributed by atoms with van der Waals surface area (Å²) < 4.78 is 5.63. The van der Waals surface area contributed by atoms with Crippen molar-refractivity contribution < 1.29 is 9.53 Å². The van der Waals surface area contributed by atoms with Crippen molar-refractivity contribution in [2.24, 2.45) is 0 Å². The zero-order valence-corrected chi connectivity index (χ0v) is 16.2. The molecule has 4 nitrogen and oxygen atoms in total. The van der Waals surface area contributed by atoms with Gasteiger partial charge in [0.1, 0.15) is 5.75 Å². The van der Waals surface area contributed by atoms with Crippen LogP contribution in [0.2, 0.25) is 0 Å². The summed E-state index contributed by atoms with van der Waals surface area (Å²) in [5.41, 5.74) is 4.03. The van der Waals surface area contributed by atoms with Gasteiger partial charge in [-0.2, -0.15) is 0 Å². The number of rotatable bonds is 4. The molecule has 2 aromatic carbocycles. The molecule has 2 atom stereocenters. The van der Waals surface area contributed by atoms with Gasteiger partial charge in [0, 0.05) is 32.6 Å². The average Bonchev–Trinajstić information content (AvgIpc) is 3.11. The van der Waals surface area contributed by atoms with Crippen LogP contribution in [0.15, 0.2) is 48.5 Å². The number of nitrogens with zero attached hydrogens (tertiary/aromatic N) is 2. The van der Waals surface area contributed by atoms with E-state index < -0.39 is 0 Å². The first-order chi connectivity index (χ1) is 13.1. The highest BCUT2D eigenvalue weighted by Gasteiger charge is 2.39. The second kappa shape index (κ2) is 7.73. The lowest BCUT2D eigenvalue weighted by atomic mass is 9.79. The Bertz CT molecular complexity index is 803. The van der Waals surface area contributed by atoms with Gasteiger partial charge in [-0.25, -0.2) is 4.79 Å². The molecule has 4 rings (SSSR count). The molecule has 0 radical (unpaired) electrons. The van der Waals surface area contributed by atoms with Gasteiger partial charge < -0.3 is 9.64 Å². The Morgan fingerprint density at radius 2 is 1.93 bits per heavy atom. The molecule has 2 aliphatic rings. The maximum absolute atomic E-state index is 12.0. The molecule has 1 heterocycles. The molecule has 27 heavy (non-hydrogen) atoms. The number of likely N-dealkylation sites (tertiary alicyclic amines) is 1. The predicted molar refractivity (Wildman–Crippen MR) is 107 cm³/mol. The quantitative estimate of drug-likeness (QED) is 0.819. The molecule has 0 bridgehead atoms. The number of benzene rings is 2. The molecular weight excluding hydrogens is 336 g/mol. The fourth-order valence-corrected chi connectivity index (χ4v) is 4.63. The third-order valence-corrected chi connectivity index (χ3v) is 6.01. The van der Waals surface area contributed by atoms with Gasteiger partial charge >= 0.3 is 6.09 Å². The van der Waals surface area contributed by atoms with E-state index in [4.69, 9.17) is 4.74 Å². The van der Waals surface area contributed by atoms with Crippen molar-refractivity contribution in [1.82, 2.24) is 9.80 Å². The molecule has 0 saturated carbocycles. The second-order valence-electron chi connectivity index (χ2n) is 7.86. The summed E-state index contributed by atoms with van der Waals surface area (Å²) in [6.07, 6.45) is 4.12. The van der Waals surface area contributed by atoms with E-state index in [1.807, 2.05) is 12.1 Å². The van der Waals surface area contributed by atoms with Crippen molar-refractivity contribution in [3.05, 3.63) is 65.2 Å². The Balaban J connectivity index is 1.48. The van der Waals surface area contributed by atoms with Gasteiger partial charge in [0.25, 0.3) is 0 Å². The van der Waals surface area contributed by atoms with Crippen LogP contribution in [0.4, 0.5) is 4.79 Å². The molecule has 0 aromatic heterocycles. The number of hydrogen-bond acceptors (Lipinski definition) is 3. The fraction of sp³-hybridized carbons (Fsp3) is 0.435. The minimum absolute atomic E-state index is 0.304. The van der Waals surface area contributed by atoms with Crippen LogP contribution in [0.25, 0.3) is 0 Å². The molecule has 1 aliphatic heterocycles. The van der Waals surface area contributed by atoms with Gasteiger partial charge in [0.2, 0.25) is 0 Å². The van der Waals surface area contributed by atoms with Gasteiger partial charge in [-0.15, -0.1) is 0 Å². The van der Waals surface area contributed by atoms with E-state index in [1.165, 1.54) is 28.0 Å². The topological polar surface area (TPSA) is 32.8 Å². The van der Waals surface area contributed by atoms with Crippen LogP contribution in [-0.4, -0.2) is 49.1 Å². The Morgan fingerprint density at radius 3 is 2.70 bits per heavy atom. The van der Waals surface area contributed by atoms with E-state index in [1.54, 1.807) is 14.1 Å². The smallest absolute Gasteiger partial charge is 0.410 e. The molecule has 142 valence electrons. The third kappa shape index (κ3) is 3.72. The highest BCUT2D eigenvalue weighted by Crippen LogP contribution is 2.44. The summed E-state index contributed by atoms with van der Waals surface area (Å²) in [6, 6.07) is 17.6. The number of hydrogen-bond donors (Lipinski definition) is 0. The normalized spacial score (nSPS) is 21.4. The number of carbonyl (C=O) groups excluding carboxylic acids is 1. The van der Waals surface area contributed by atoms with Gasteiger partial charge in [0.05, 0.1) is 0 Å². The molecule has 1 saturated heterocycles. The van der Waals surface area contributed by atoms with Crippen LogP contribution in [0, 0.1) is 0 Å². The van der Waals surface area contributed by atoms with Crippen molar-refractivity contribution in [2.75, 3.05) is 27.2 Å². The highest BCUT2D eigenvalue weighted by molar-refractivity contribution is 5.70. The van der Waals surface area contributed by atoms with Crippen molar-refractivity contribution in [1.29, 1.82) is 0 Å². The lowest BCUT2D eigenvalue weighted by molar-refractivity contribution is 0.171. The van der Waals surface area contributed by atoms with Gasteiger partial charge in [-0.1, -0.05) is 42.5 Å². The van der Waals surface area contributed by atoms with Gasteiger partial charge in [-0.05, 0) is 55.0 Å². The van der Waals surface area contributed by atoms with E-state index in [0.717, 1.165) is 38.1 Å². The Morgan fingerprint density at radius 1 is 1.11 bits per heavy atom. The van der Waals surface area contributed by atoms with Crippen LogP contribution in [-0.2, 0) is 12.8 Å². The summed E-state index contributed by atoms with van der Waals surface area (Å²) in [4.78, 5) is 16.1. The molecule has 1 amide bonds. The molecule has 2 aromatic rings. The van der Waals surface area contributed by atoms with E-state index >= 15 is 0 Å².